The highest BCUT2D eigenvalue weighted by molar-refractivity contribution is 5.89. The first-order chi connectivity index (χ1) is 11.6. The molecule has 0 saturated heterocycles. The highest BCUT2D eigenvalue weighted by Crippen LogP contribution is 2.25. The number of amides is 1. The zero-order valence-electron chi connectivity index (χ0n) is 13.6. The molecule has 1 heterocycles. The van der Waals surface area contributed by atoms with Gasteiger partial charge < -0.3 is 15.2 Å². The molecule has 0 bridgehead atoms. The number of carbonyl (C=O) groups excluding carboxylic acids is 1. The topological polar surface area (TPSA) is 69.8 Å². The molecule has 0 fully saturated rings. The van der Waals surface area contributed by atoms with E-state index in [0.29, 0.717) is 12.1 Å². The molecule has 5 heteroatoms. The average Bonchev–Trinajstić information content (AvgIpc) is 2.86. The van der Waals surface area contributed by atoms with E-state index in [1.807, 2.05) is 60.1 Å². The molecule has 0 atom stereocenters. The van der Waals surface area contributed by atoms with Crippen LogP contribution >= 0.6 is 0 Å². The van der Waals surface area contributed by atoms with Crippen LogP contribution in [0.5, 0.6) is 0 Å². The number of nitrogens with one attached hydrogen (secondary N) is 2. The lowest BCUT2D eigenvalue weighted by atomic mass is 10.1. The standard InChI is InChI=1S/C19H18N4O/c1-13(24)22-15-9-7-14(8-10-15)21-12-19-17(11-20)16-5-3-4-6-18(16)23(19)2/h3-10,21H,12H2,1-2H3,(H,22,24). The molecule has 2 aromatic carbocycles. The lowest BCUT2D eigenvalue weighted by Gasteiger charge is -2.09. The van der Waals surface area contributed by atoms with Crippen LogP contribution in [0.1, 0.15) is 18.2 Å². The first-order valence-corrected chi connectivity index (χ1v) is 7.68. The van der Waals surface area contributed by atoms with E-state index in [4.69, 9.17) is 0 Å². The maximum absolute atomic E-state index is 11.0. The van der Waals surface area contributed by atoms with Gasteiger partial charge >= 0.3 is 0 Å². The molecule has 3 aromatic rings. The average molecular weight is 318 g/mol. The van der Waals surface area contributed by atoms with Gasteiger partial charge in [-0.15, -0.1) is 0 Å². The monoisotopic (exact) mass is 318 g/mol. The summed E-state index contributed by atoms with van der Waals surface area (Å²) in [6.07, 6.45) is 0. The lowest BCUT2D eigenvalue weighted by molar-refractivity contribution is -0.114. The Morgan fingerprint density at radius 1 is 1.12 bits per heavy atom. The smallest absolute Gasteiger partial charge is 0.221 e. The van der Waals surface area contributed by atoms with Crippen molar-refractivity contribution in [1.82, 2.24) is 4.57 Å². The number of benzene rings is 2. The van der Waals surface area contributed by atoms with Gasteiger partial charge in [-0.1, -0.05) is 18.2 Å². The van der Waals surface area contributed by atoms with Crippen LogP contribution in [0.4, 0.5) is 11.4 Å². The Bertz CT molecular complexity index is 932. The van der Waals surface area contributed by atoms with E-state index < -0.39 is 0 Å². The molecule has 1 aromatic heterocycles. The van der Waals surface area contributed by atoms with E-state index in [1.54, 1.807) is 0 Å². The van der Waals surface area contributed by atoms with Gasteiger partial charge in [0.05, 0.1) is 17.8 Å². The lowest BCUT2D eigenvalue weighted by Crippen LogP contribution is -2.07. The summed E-state index contributed by atoms with van der Waals surface area (Å²) < 4.78 is 2.05. The second-order valence-corrected chi connectivity index (χ2v) is 5.62. The van der Waals surface area contributed by atoms with Crippen molar-refractivity contribution in [1.29, 1.82) is 5.26 Å². The summed E-state index contributed by atoms with van der Waals surface area (Å²) in [6.45, 7) is 2.03. The number of carbonyl (C=O) groups is 1. The van der Waals surface area contributed by atoms with Crippen molar-refractivity contribution in [3.63, 3.8) is 0 Å². The molecule has 0 radical (unpaired) electrons. The van der Waals surface area contributed by atoms with Gasteiger partial charge in [-0.25, -0.2) is 0 Å². The Labute approximate surface area is 140 Å². The fourth-order valence-corrected chi connectivity index (χ4v) is 2.84. The molecular formula is C19H18N4O. The summed E-state index contributed by atoms with van der Waals surface area (Å²) in [7, 11) is 1.97. The molecule has 0 unspecified atom stereocenters. The molecule has 5 nitrogen and oxygen atoms in total. The molecule has 0 aliphatic rings. The van der Waals surface area contributed by atoms with Gasteiger partial charge in [0.1, 0.15) is 6.07 Å². The van der Waals surface area contributed by atoms with Crippen molar-refractivity contribution < 1.29 is 4.79 Å². The Hall–Kier alpha value is -3.26. The molecule has 3 rings (SSSR count). The predicted octanol–water partition coefficient (Wildman–Crippen LogP) is 3.62. The van der Waals surface area contributed by atoms with Crippen LogP contribution in [-0.2, 0) is 18.4 Å². The molecule has 0 spiro atoms. The molecule has 0 aliphatic heterocycles. The number of hydrogen-bond donors (Lipinski definition) is 2. The SMILES string of the molecule is CC(=O)Nc1ccc(NCc2c(C#N)c3ccccc3n2C)cc1. The molecule has 1 amide bonds. The van der Waals surface area contributed by atoms with E-state index in [-0.39, 0.29) is 5.91 Å². The first kappa shape index (κ1) is 15.6. The van der Waals surface area contributed by atoms with Crippen LogP contribution < -0.4 is 10.6 Å². The molecule has 0 saturated carbocycles. The van der Waals surface area contributed by atoms with E-state index in [2.05, 4.69) is 16.7 Å². The van der Waals surface area contributed by atoms with Crippen LogP contribution in [0.2, 0.25) is 0 Å². The van der Waals surface area contributed by atoms with E-state index in [9.17, 15) is 10.1 Å². The summed E-state index contributed by atoms with van der Waals surface area (Å²) in [4.78, 5) is 11.0. The third-order valence-electron chi connectivity index (χ3n) is 4.01. The van der Waals surface area contributed by atoms with Gasteiger partial charge in [0.25, 0.3) is 0 Å². The van der Waals surface area contributed by atoms with Gasteiger partial charge in [0.15, 0.2) is 0 Å². The zero-order chi connectivity index (χ0) is 17.1. The van der Waals surface area contributed by atoms with Crippen molar-refractivity contribution in [3.05, 3.63) is 59.8 Å². The first-order valence-electron chi connectivity index (χ1n) is 7.68. The van der Waals surface area contributed by atoms with Crippen molar-refractivity contribution in [3.8, 4) is 6.07 Å². The summed E-state index contributed by atoms with van der Waals surface area (Å²) >= 11 is 0. The van der Waals surface area contributed by atoms with Gasteiger partial charge in [-0.2, -0.15) is 5.26 Å². The van der Waals surface area contributed by atoms with E-state index in [0.717, 1.165) is 28.0 Å². The molecule has 120 valence electrons. The summed E-state index contributed by atoms with van der Waals surface area (Å²) in [5.41, 5.74) is 4.39. The van der Waals surface area contributed by atoms with Crippen molar-refractivity contribution in [2.75, 3.05) is 10.6 Å². The third-order valence-corrected chi connectivity index (χ3v) is 4.01. The minimum absolute atomic E-state index is 0.0927. The Kier molecular flexibility index (Phi) is 4.21. The quantitative estimate of drug-likeness (QED) is 0.772. The predicted molar refractivity (Wildman–Crippen MR) is 95.7 cm³/mol. The summed E-state index contributed by atoms with van der Waals surface area (Å²) in [5.74, 6) is -0.0927. The fourth-order valence-electron chi connectivity index (χ4n) is 2.84. The Morgan fingerprint density at radius 2 is 1.79 bits per heavy atom. The minimum Gasteiger partial charge on any atom is -0.379 e. The van der Waals surface area contributed by atoms with Crippen molar-refractivity contribution >= 4 is 28.2 Å². The van der Waals surface area contributed by atoms with Crippen LogP contribution in [-0.4, -0.2) is 10.5 Å². The Morgan fingerprint density at radius 3 is 2.46 bits per heavy atom. The number of anilines is 2. The largest absolute Gasteiger partial charge is 0.379 e. The number of nitriles is 1. The van der Waals surface area contributed by atoms with E-state index >= 15 is 0 Å². The summed E-state index contributed by atoms with van der Waals surface area (Å²) in [6, 6.07) is 17.7. The fraction of sp³-hybridized carbons (Fsp3) is 0.158. The number of para-hydroxylation sites is 1. The highest BCUT2D eigenvalue weighted by atomic mass is 16.1. The van der Waals surface area contributed by atoms with Gasteiger partial charge in [0, 0.05) is 36.2 Å². The third kappa shape index (κ3) is 2.95. The summed E-state index contributed by atoms with van der Waals surface area (Å²) in [5, 5.41) is 16.6. The number of rotatable bonds is 4. The van der Waals surface area contributed by atoms with E-state index in [1.165, 1.54) is 6.92 Å². The minimum atomic E-state index is -0.0927. The maximum Gasteiger partial charge on any atom is 0.221 e. The number of hydrogen-bond acceptors (Lipinski definition) is 3. The zero-order valence-corrected chi connectivity index (χ0v) is 13.6. The van der Waals surface area contributed by atoms with Crippen molar-refractivity contribution in [2.45, 2.75) is 13.5 Å². The Balaban J connectivity index is 1.82. The normalized spacial score (nSPS) is 10.4. The highest BCUT2D eigenvalue weighted by Gasteiger charge is 2.14. The second-order valence-electron chi connectivity index (χ2n) is 5.62. The van der Waals surface area contributed by atoms with Crippen LogP contribution in [0.3, 0.4) is 0 Å². The van der Waals surface area contributed by atoms with Crippen LogP contribution in [0.15, 0.2) is 48.5 Å². The van der Waals surface area contributed by atoms with Gasteiger partial charge in [-0.3, -0.25) is 4.79 Å². The van der Waals surface area contributed by atoms with Gasteiger partial charge in [-0.05, 0) is 30.3 Å². The van der Waals surface area contributed by atoms with Gasteiger partial charge in [0.2, 0.25) is 5.91 Å². The van der Waals surface area contributed by atoms with Crippen LogP contribution in [0.25, 0.3) is 10.9 Å². The van der Waals surface area contributed by atoms with Crippen LogP contribution in [0, 0.1) is 11.3 Å². The molecule has 24 heavy (non-hydrogen) atoms. The second kappa shape index (κ2) is 6.47. The number of fused-ring (bicyclic) bond motifs is 1. The van der Waals surface area contributed by atoms with Crippen molar-refractivity contribution in [2.24, 2.45) is 7.05 Å². The molecular weight excluding hydrogens is 300 g/mol. The number of aryl methyl sites for hydroxylation is 1. The number of nitrogens with zero attached hydrogens (tertiary/aromatic N) is 2. The molecule has 2 N–H and O–H groups in total. The number of aromatic nitrogens is 1. The maximum atomic E-state index is 11.0. The molecule has 0 aliphatic carbocycles.